The summed E-state index contributed by atoms with van der Waals surface area (Å²) in [7, 11) is 1.64. The van der Waals surface area contributed by atoms with Gasteiger partial charge in [0.05, 0.1) is 18.9 Å². The molecule has 3 heterocycles. The van der Waals surface area contributed by atoms with Crippen LogP contribution in [0.5, 0.6) is 5.75 Å². The minimum atomic E-state index is -0.576. The fourth-order valence-electron chi connectivity index (χ4n) is 4.26. The van der Waals surface area contributed by atoms with E-state index >= 15 is 0 Å². The van der Waals surface area contributed by atoms with Crippen molar-refractivity contribution in [1.82, 2.24) is 20.2 Å². The minimum absolute atomic E-state index is 0.315. The van der Waals surface area contributed by atoms with Crippen LogP contribution < -0.4 is 15.8 Å². The van der Waals surface area contributed by atoms with Crippen molar-refractivity contribution in [2.24, 2.45) is 0 Å². The summed E-state index contributed by atoms with van der Waals surface area (Å²) >= 11 is 0. The van der Waals surface area contributed by atoms with Crippen molar-refractivity contribution in [3.8, 4) is 28.2 Å². The maximum atomic E-state index is 11.3. The third-order valence-corrected chi connectivity index (χ3v) is 5.93. The van der Waals surface area contributed by atoms with E-state index in [-0.39, 0.29) is 0 Å². The standard InChI is InChI=1S/C28H21N5O4/c1-35-21-12-10-18(11-13-21)23-24-26(29-16-30-27(24)37-25(23)19-7-3-2-4-8-19)31-20-9-5-6-17(14-20)15-22-32-33-28(34)36-22/h2-14,16H,15H2,1H3,(H,33,34)(H,29,30,31). The molecule has 2 N–H and O–H groups in total. The summed E-state index contributed by atoms with van der Waals surface area (Å²) in [6.07, 6.45) is 1.84. The van der Waals surface area contributed by atoms with Crippen LogP contribution in [0.2, 0.25) is 0 Å². The largest absolute Gasteiger partial charge is 0.497 e. The molecule has 0 bridgehead atoms. The van der Waals surface area contributed by atoms with Crippen LogP contribution in [0.3, 0.4) is 0 Å². The van der Waals surface area contributed by atoms with E-state index in [1.54, 1.807) is 7.11 Å². The Hall–Kier alpha value is -5.18. The summed E-state index contributed by atoms with van der Waals surface area (Å²) in [6, 6.07) is 25.5. The molecule has 0 atom stereocenters. The van der Waals surface area contributed by atoms with Crippen molar-refractivity contribution in [3.63, 3.8) is 0 Å². The minimum Gasteiger partial charge on any atom is -0.497 e. The molecule has 3 aromatic heterocycles. The summed E-state index contributed by atoms with van der Waals surface area (Å²) in [5.41, 5.74) is 4.94. The van der Waals surface area contributed by atoms with Gasteiger partial charge in [0.1, 0.15) is 23.7 Å². The summed E-state index contributed by atoms with van der Waals surface area (Å²) in [4.78, 5) is 20.3. The molecule has 0 aliphatic rings. The van der Waals surface area contributed by atoms with Gasteiger partial charge in [0.15, 0.2) is 0 Å². The van der Waals surface area contributed by atoms with Crippen LogP contribution >= 0.6 is 0 Å². The van der Waals surface area contributed by atoms with Crippen LogP contribution in [0.4, 0.5) is 11.5 Å². The number of fused-ring (bicyclic) bond motifs is 1. The van der Waals surface area contributed by atoms with Gasteiger partial charge in [0.25, 0.3) is 0 Å². The number of rotatable bonds is 7. The van der Waals surface area contributed by atoms with E-state index in [2.05, 4.69) is 25.5 Å². The van der Waals surface area contributed by atoms with Gasteiger partial charge in [0.2, 0.25) is 11.6 Å². The molecule has 0 spiro atoms. The number of ether oxygens (including phenoxy) is 1. The molecule has 0 aliphatic heterocycles. The van der Waals surface area contributed by atoms with Gasteiger partial charge >= 0.3 is 5.76 Å². The van der Waals surface area contributed by atoms with Crippen molar-refractivity contribution in [3.05, 3.63) is 107 Å². The first-order valence-corrected chi connectivity index (χ1v) is 11.6. The lowest BCUT2D eigenvalue weighted by Crippen LogP contribution is -1.97. The van der Waals surface area contributed by atoms with Crippen LogP contribution in [0.1, 0.15) is 11.5 Å². The van der Waals surface area contributed by atoms with Crippen molar-refractivity contribution in [2.75, 3.05) is 12.4 Å². The van der Waals surface area contributed by atoms with Gasteiger partial charge in [-0.3, -0.25) is 0 Å². The first-order chi connectivity index (χ1) is 18.2. The Morgan fingerprint density at radius 2 is 1.76 bits per heavy atom. The number of nitrogens with one attached hydrogen (secondary N) is 2. The fraction of sp³-hybridized carbons (Fsp3) is 0.0714. The molecule has 3 aromatic carbocycles. The zero-order valence-corrected chi connectivity index (χ0v) is 19.8. The van der Waals surface area contributed by atoms with Crippen molar-refractivity contribution in [2.45, 2.75) is 6.42 Å². The van der Waals surface area contributed by atoms with Crippen molar-refractivity contribution >= 4 is 22.6 Å². The molecule has 0 amide bonds. The molecule has 0 saturated carbocycles. The average Bonchev–Trinajstić information content (AvgIpc) is 3.53. The molecule has 6 aromatic rings. The number of anilines is 2. The monoisotopic (exact) mass is 491 g/mol. The molecule has 6 rings (SSSR count). The van der Waals surface area contributed by atoms with Gasteiger partial charge in [-0.2, -0.15) is 0 Å². The predicted octanol–water partition coefficient (Wildman–Crippen LogP) is 5.58. The number of aromatic amines is 1. The quantitative estimate of drug-likeness (QED) is 0.297. The number of hydrogen-bond donors (Lipinski definition) is 2. The van der Waals surface area contributed by atoms with Crippen LogP contribution in [0.15, 0.2) is 98.8 Å². The molecule has 0 radical (unpaired) electrons. The lowest BCUT2D eigenvalue weighted by molar-refractivity contribution is 0.415. The summed E-state index contributed by atoms with van der Waals surface area (Å²) in [5, 5.41) is 10.4. The third-order valence-electron chi connectivity index (χ3n) is 5.93. The van der Waals surface area contributed by atoms with Gasteiger partial charge in [-0.1, -0.05) is 54.6 Å². The second kappa shape index (κ2) is 9.46. The second-order valence-corrected chi connectivity index (χ2v) is 8.31. The van der Waals surface area contributed by atoms with Crippen LogP contribution in [0, 0.1) is 0 Å². The van der Waals surface area contributed by atoms with E-state index in [0.717, 1.165) is 39.1 Å². The normalized spacial score (nSPS) is 11.1. The highest BCUT2D eigenvalue weighted by Crippen LogP contribution is 2.43. The Morgan fingerprint density at radius 3 is 2.51 bits per heavy atom. The lowest BCUT2D eigenvalue weighted by atomic mass is 9.99. The maximum Gasteiger partial charge on any atom is 0.434 e. The highest BCUT2D eigenvalue weighted by Gasteiger charge is 2.22. The van der Waals surface area contributed by atoms with E-state index in [1.807, 2.05) is 78.9 Å². The summed E-state index contributed by atoms with van der Waals surface area (Å²) in [5.74, 6) is 1.80. The molecule has 9 nitrogen and oxygen atoms in total. The molecular formula is C28H21N5O4. The summed E-state index contributed by atoms with van der Waals surface area (Å²) < 4.78 is 16.7. The van der Waals surface area contributed by atoms with E-state index in [0.29, 0.717) is 29.6 Å². The highest BCUT2D eigenvalue weighted by atomic mass is 16.5. The fourth-order valence-corrected chi connectivity index (χ4v) is 4.26. The lowest BCUT2D eigenvalue weighted by Gasteiger charge is -2.10. The Labute approximate surface area is 210 Å². The molecule has 0 aliphatic carbocycles. The zero-order valence-electron chi connectivity index (χ0n) is 19.8. The molecule has 9 heteroatoms. The highest BCUT2D eigenvalue weighted by molar-refractivity contribution is 6.06. The van der Waals surface area contributed by atoms with E-state index in [9.17, 15) is 4.79 Å². The number of H-pyrrole nitrogens is 1. The van der Waals surface area contributed by atoms with E-state index in [1.165, 1.54) is 6.33 Å². The molecule has 37 heavy (non-hydrogen) atoms. The molecule has 0 fully saturated rings. The average molecular weight is 492 g/mol. The zero-order chi connectivity index (χ0) is 25.2. The van der Waals surface area contributed by atoms with Gasteiger partial charge in [-0.05, 0) is 35.4 Å². The Kier molecular flexibility index (Phi) is 5.70. The van der Waals surface area contributed by atoms with Gasteiger partial charge in [-0.15, -0.1) is 5.10 Å². The Balaban J connectivity index is 1.46. The topological polar surface area (TPSA) is 119 Å². The molecule has 0 saturated heterocycles. The second-order valence-electron chi connectivity index (χ2n) is 8.31. The van der Waals surface area contributed by atoms with E-state index in [4.69, 9.17) is 13.6 Å². The van der Waals surface area contributed by atoms with Crippen LogP contribution in [-0.2, 0) is 6.42 Å². The summed E-state index contributed by atoms with van der Waals surface area (Å²) in [6.45, 7) is 0. The number of nitrogens with zero attached hydrogens (tertiary/aromatic N) is 3. The smallest absolute Gasteiger partial charge is 0.434 e. The Morgan fingerprint density at radius 1 is 0.919 bits per heavy atom. The van der Waals surface area contributed by atoms with E-state index < -0.39 is 5.76 Å². The SMILES string of the molecule is COc1ccc(-c2c(-c3ccccc3)oc3ncnc(Nc4cccc(Cc5n[nH]c(=O)o5)c4)c23)cc1. The van der Waals surface area contributed by atoms with Gasteiger partial charge < -0.3 is 18.9 Å². The van der Waals surface area contributed by atoms with Gasteiger partial charge in [0, 0.05) is 16.8 Å². The molecule has 0 unspecified atom stereocenters. The molecular weight excluding hydrogens is 470 g/mol. The van der Waals surface area contributed by atoms with Crippen molar-refractivity contribution < 1.29 is 13.6 Å². The maximum absolute atomic E-state index is 11.3. The number of benzene rings is 3. The predicted molar refractivity (Wildman–Crippen MR) is 139 cm³/mol. The number of furan rings is 1. The molecule has 182 valence electrons. The van der Waals surface area contributed by atoms with Gasteiger partial charge in [-0.25, -0.2) is 19.9 Å². The van der Waals surface area contributed by atoms with Crippen molar-refractivity contribution in [1.29, 1.82) is 0 Å². The number of aromatic nitrogens is 4. The van der Waals surface area contributed by atoms with Crippen LogP contribution in [0.25, 0.3) is 33.6 Å². The number of methoxy groups -OCH3 is 1. The Bertz CT molecular complexity index is 1740. The first kappa shape index (κ1) is 22.3. The first-order valence-electron chi connectivity index (χ1n) is 11.6. The number of hydrogen-bond acceptors (Lipinski definition) is 8. The third kappa shape index (κ3) is 4.45. The van der Waals surface area contributed by atoms with Crippen LogP contribution in [-0.4, -0.2) is 27.3 Å².